The summed E-state index contributed by atoms with van der Waals surface area (Å²) in [5.41, 5.74) is -1.21. The van der Waals surface area contributed by atoms with Gasteiger partial charge in [-0.15, -0.1) is 0 Å². The van der Waals surface area contributed by atoms with Crippen LogP contribution >= 0.6 is 0 Å². The standard InChI is InChI=1S/C11H20N2O4/c1-4-11(2,10(15)16)13-9(14)7-5-17-6-8(7)12-3/h7-8,12H,4-6H2,1-3H3,(H,13,14)(H,15,16). The van der Waals surface area contributed by atoms with Gasteiger partial charge in [-0.1, -0.05) is 6.92 Å². The van der Waals surface area contributed by atoms with E-state index in [0.29, 0.717) is 19.6 Å². The number of aliphatic carboxylic acids is 1. The number of rotatable bonds is 5. The first kappa shape index (κ1) is 13.9. The van der Waals surface area contributed by atoms with Crippen molar-refractivity contribution in [1.82, 2.24) is 10.6 Å². The Bertz CT molecular complexity index is 308. The van der Waals surface area contributed by atoms with E-state index in [2.05, 4.69) is 10.6 Å². The van der Waals surface area contributed by atoms with E-state index in [1.165, 1.54) is 6.92 Å². The molecule has 0 aromatic heterocycles. The van der Waals surface area contributed by atoms with Crippen molar-refractivity contribution < 1.29 is 19.4 Å². The molecular weight excluding hydrogens is 224 g/mol. The Balaban J connectivity index is 2.68. The Hall–Kier alpha value is -1.14. The van der Waals surface area contributed by atoms with Crippen LogP contribution in [-0.2, 0) is 14.3 Å². The van der Waals surface area contributed by atoms with Crippen LogP contribution in [0.1, 0.15) is 20.3 Å². The third-order valence-electron chi connectivity index (χ3n) is 3.37. The van der Waals surface area contributed by atoms with Crippen LogP contribution in [0.5, 0.6) is 0 Å². The lowest BCUT2D eigenvalue weighted by atomic mass is 9.96. The number of carbonyl (C=O) groups is 2. The van der Waals surface area contributed by atoms with Crippen LogP contribution < -0.4 is 10.6 Å². The molecule has 1 fully saturated rings. The molecule has 98 valence electrons. The summed E-state index contributed by atoms with van der Waals surface area (Å²) in [4.78, 5) is 23.1. The highest BCUT2D eigenvalue weighted by molar-refractivity contribution is 5.88. The van der Waals surface area contributed by atoms with Crippen LogP contribution in [0.3, 0.4) is 0 Å². The van der Waals surface area contributed by atoms with Gasteiger partial charge in [0.15, 0.2) is 0 Å². The summed E-state index contributed by atoms with van der Waals surface area (Å²) in [6.45, 7) is 4.05. The molecule has 0 aliphatic carbocycles. The van der Waals surface area contributed by atoms with E-state index in [1.807, 2.05) is 0 Å². The van der Waals surface area contributed by atoms with Crippen LogP contribution in [0.4, 0.5) is 0 Å². The maximum atomic E-state index is 12.0. The number of likely N-dealkylation sites (N-methyl/N-ethyl adjacent to an activating group) is 1. The van der Waals surface area contributed by atoms with E-state index in [0.717, 1.165) is 0 Å². The number of amides is 1. The molecule has 6 heteroatoms. The van der Waals surface area contributed by atoms with Gasteiger partial charge in [0, 0.05) is 6.04 Å². The van der Waals surface area contributed by atoms with Crippen LogP contribution in [0.25, 0.3) is 0 Å². The lowest BCUT2D eigenvalue weighted by Crippen LogP contribution is -2.55. The second-order valence-electron chi connectivity index (χ2n) is 4.52. The molecule has 6 nitrogen and oxygen atoms in total. The molecule has 0 bridgehead atoms. The van der Waals surface area contributed by atoms with Crippen LogP contribution in [0.2, 0.25) is 0 Å². The molecule has 0 aromatic carbocycles. The number of hydrogen-bond acceptors (Lipinski definition) is 4. The average Bonchev–Trinajstić information content (AvgIpc) is 2.76. The SMILES string of the molecule is CCC(C)(NC(=O)C1COCC1NC)C(=O)O. The van der Waals surface area contributed by atoms with Gasteiger partial charge in [0.2, 0.25) is 5.91 Å². The fraction of sp³-hybridized carbons (Fsp3) is 0.818. The average molecular weight is 244 g/mol. The molecule has 3 atom stereocenters. The normalized spacial score (nSPS) is 27.5. The number of hydrogen-bond donors (Lipinski definition) is 3. The Morgan fingerprint density at radius 1 is 1.47 bits per heavy atom. The summed E-state index contributed by atoms with van der Waals surface area (Å²) in [6.07, 6.45) is 0.339. The second kappa shape index (κ2) is 5.46. The number of nitrogens with one attached hydrogen (secondary N) is 2. The zero-order chi connectivity index (χ0) is 13.1. The van der Waals surface area contributed by atoms with Crippen molar-refractivity contribution in [2.24, 2.45) is 5.92 Å². The van der Waals surface area contributed by atoms with E-state index in [9.17, 15) is 9.59 Å². The summed E-state index contributed by atoms with van der Waals surface area (Å²) >= 11 is 0. The number of carboxylic acids is 1. The summed E-state index contributed by atoms with van der Waals surface area (Å²) in [6, 6.07) is -0.0510. The molecule has 3 N–H and O–H groups in total. The van der Waals surface area contributed by atoms with Crippen LogP contribution in [0.15, 0.2) is 0 Å². The lowest BCUT2D eigenvalue weighted by molar-refractivity contribution is -0.147. The molecule has 0 spiro atoms. The van der Waals surface area contributed by atoms with E-state index < -0.39 is 11.5 Å². The van der Waals surface area contributed by atoms with Gasteiger partial charge in [0.05, 0.1) is 19.1 Å². The third kappa shape index (κ3) is 2.95. The van der Waals surface area contributed by atoms with Gasteiger partial charge >= 0.3 is 5.97 Å². The quantitative estimate of drug-likeness (QED) is 0.612. The molecule has 17 heavy (non-hydrogen) atoms. The Morgan fingerprint density at radius 2 is 2.12 bits per heavy atom. The van der Waals surface area contributed by atoms with Gasteiger partial charge in [0.25, 0.3) is 0 Å². The first-order valence-electron chi connectivity index (χ1n) is 5.75. The fourth-order valence-electron chi connectivity index (χ4n) is 1.75. The zero-order valence-corrected chi connectivity index (χ0v) is 10.4. The maximum Gasteiger partial charge on any atom is 0.329 e. The van der Waals surface area contributed by atoms with Crippen molar-refractivity contribution in [2.45, 2.75) is 31.8 Å². The summed E-state index contributed by atoms with van der Waals surface area (Å²) in [5, 5.41) is 14.7. The van der Waals surface area contributed by atoms with Crippen LogP contribution in [0, 0.1) is 5.92 Å². The highest BCUT2D eigenvalue weighted by Crippen LogP contribution is 2.17. The van der Waals surface area contributed by atoms with E-state index in [4.69, 9.17) is 9.84 Å². The predicted octanol–water partition coefficient (Wildman–Crippen LogP) is -0.410. The molecule has 1 heterocycles. The highest BCUT2D eigenvalue weighted by atomic mass is 16.5. The van der Waals surface area contributed by atoms with Gasteiger partial charge in [-0.05, 0) is 20.4 Å². The molecular formula is C11H20N2O4. The van der Waals surface area contributed by atoms with Crippen molar-refractivity contribution in [1.29, 1.82) is 0 Å². The second-order valence-corrected chi connectivity index (χ2v) is 4.52. The van der Waals surface area contributed by atoms with Gasteiger partial charge in [-0.25, -0.2) is 4.79 Å². The lowest BCUT2D eigenvalue weighted by Gasteiger charge is -2.27. The molecule has 1 aliphatic heterocycles. The smallest absolute Gasteiger partial charge is 0.329 e. The monoisotopic (exact) mass is 244 g/mol. The molecule has 1 saturated heterocycles. The largest absolute Gasteiger partial charge is 0.480 e. The summed E-state index contributed by atoms with van der Waals surface area (Å²) in [5.74, 6) is -1.62. The Morgan fingerprint density at radius 3 is 2.59 bits per heavy atom. The van der Waals surface area contributed by atoms with E-state index in [1.54, 1.807) is 14.0 Å². The van der Waals surface area contributed by atoms with Gasteiger partial charge < -0.3 is 20.5 Å². The van der Waals surface area contributed by atoms with Crippen LogP contribution in [-0.4, -0.2) is 48.8 Å². The van der Waals surface area contributed by atoms with Crippen molar-refractivity contribution >= 4 is 11.9 Å². The maximum absolute atomic E-state index is 12.0. The van der Waals surface area contributed by atoms with E-state index in [-0.39, 0.29) is 17.9 Å². The molecule has 0 saturated carbocycles. The molecule has 1 amide bonds. The van der Waals surface area contributed by atoms with Gasteiger partial charge in [0.1, 0.15) is 5.54 Å². The summed E-state index contributed by atoms with van der Waals surface area (Å²) in [7, 11) is 1.76. The zero-order valence-electron chi connectivity index (χ0n) is 10.4. The molecule has 0 radical (unpaired) electrons. The third-order valence-corrected chi connectivity index (χ3v) is 3.37. The van der Waals surface area contributed by atoms with Crippen molar-refractivity contribution in [3.8, 4) is 0 Å². The minimum absolute atomic E-state index is 0.0510. The Labute approximate surface area is 101 Å². The topological polar surface area (TPSA) is 87.7 Å². The first-order valence-corrected chi connectivity index (χ1v) is 5.75. The van der Waals surface area contributed by atoms with Crippen molar-refractivity contribution in [2.75, 3.05) is 20.3 Å². The minimum Gasteiger partial charge on any atom is -0.480 e. The Kier molecular flexibility index (Phi) is 4.47. The number of carboxylic acid groups (broad SMARTS) is 1. The predicted molar refractivity (Wildman–Crippen MR) is 61.6 cm³/mol. The minimum atomic E-state index is -1.21. The first-order chi connectivity index (χ1) is 7.94. The molecule has 1 rings (SSSR count). The van der Waals surface area contributed by atoms with Crippen molar-refractivity contribution in [3.05, 3.63) is 0 Å². The van der Waals surface area contributed by atoms with Gasteiger partial charge in [-0.3, -0.25) is 4.79 Å². The molecule has 0 aromatic rings. The fourth-order valence-corrected chi connectivity index (χ4v) is 1.75. The van der Waals surface area contributed by atoms with Gasteiger partial charge in [-0.2, -0.15) is 0 Å². The summed E-state index contributed by atoms with van der Waals surface area (Å²) < 4.78 is 5.22. The van der Waals surface area contributed by atoms with E-state index >= 15 is 0 Å². The number of carbonyl (C=O) groups excluding carboxylic acids is 1. The van der Waals surface area contributed by atoms with Crippen molar-refractivity contribution in [3.63, 3.8) is 0 Å². The molecule has 3 unspecified atom stereocenters. The number of ether oxygens (including phenoxy) is 1. The highest BCUT2D eigenvalue weighted by Gasteiger charge is 2.39. The molecule has 1 aliphatic rings.